The lowest BCUT2D eigenvalue weighted by Gasteiger charge is -2.26. The van der Waals surface area contributed by atoms with E-state index in [0.29, 0.717) is 6.61 Å². The fourth-order valence-electron chi connectivity index (χ4n) is 2.75. The third kappa shape index (κ3) is 2.72. The lowest BCUT2D eigenvalue weighted by Crippen LogP contribution is -2.31. The van der Waals surface area contributed by atoms with E-state index < -0.39 is 0 Å². The largest absolute Gasteiger partial charge is 0.493 e. The summed E-state index contributed by atoms with van der Waals surface area (Å²) >= 11 is 0. The van der Waals surface area contributed by atoms with Crippen molar-refractivity contribution in [3.8, 4) is 11.5 Å². The van der Waals surface area contributed by atoms with Gasteiger partial charge >= 0.3 is 0 Å². The molecule has 1 aromatic heterocycles. The zero-order valence-electron chi connectivity index (χ0n) is 13.0. The van der Waals surface area contributed by atoms with E-state index in [1.54, 1.807) is 13.4 Å². The Hall–Kier alpha value is -2.27. The Balaban J connectivity index is 2.02. The van der Waals surface area contributed by atoms with Crippen LogP contribution in [-0.4, -0.2) is 30.2 Å². The van der Waals surface area contributed by atoms with E-state index >= 15 is 0 Å². The number of nitrogens with zero attached hydrogens (tertiary/aromatic N) is 1. The van der Waals surface area contributed by atoms with Crippen LogP contribution in [0.1, 0.15) is 29.9 Å². The van der Waals surface area contributed by atoms with Gasteiger partial charge in [-0.05, 0) is 18.6 Å². The van der Waals surface area contributed by atoms with Gasteiger partial charge in [0.15, 0.2) is 11.5 Å². The third-order valence-corrected chi connectivity index (χ3v) is 3.75. The Morgan fingerprint density at radius 2 is 2.32 bits per heavy atom. The number of nitrogens with one attached hydrogen (secondary N) is 2. The Bertz CT molecular complexity index is 678. The summed E-state index contributed by atoms with van der Waals surface area (Å²) < 4.78 is 11.4. The number of benzene rings is 1. The van der Waals surface area contributed by atoms with Crippen LogP contribution in [0.5, 0.6) is 11.5 Å². The lowest BCUT2D eigenvalue weighted by molar-refractivity contribution is 0.313. The minimum Gasteiger partial charge on any atom is -0.493 e. The maximum Gasteiger partial charge on any atom is 0.166 e. The molecule has 0 unspecified atom stereocenters. The first-order valence-corrected chi connectivity index (χ1v) is 7.40. The zero-order chi connectivity index (χ0) is 15.5. The summed E-state index contributed by atoms with van der Waals surface area (Å²) in [4.78, 5) is 7.69. The molecule has 0 fully saturated rings. The number of fused-ring (bicyclic) bond motifs is 1. The number of para-hydroxylation sites is 1. The lowest BCUT2D eigenvalue weighted by atomic mass is 9.97. The number of aromatic nitrogens is 2. The first kappa shape index (κ1) is 14.7. The standard InChI is InChI=1S/C17H21N3O2/c1-11(2)9-22-17-12(5-4-6-14(17)21-3)15-16-13(7-8-18-15)19-10-20-16/h4-6,10,15,18H,1,7-9H2,2-3H3,(H,19,20)/t15-/m1/s1. The zero-order valence-corrected chi connectivity index (χ0v) is 13.0. The van der Waals surface area contributed by atoms with Gasteiger partial charge in [-0.2, -0.15) is 0 Å². The van der Waals surface area contributed by atoms with E-state index in [4.69, 9.17) is 9.47 Å². The second-order valence-corrected chi connectivity index (χ2v) is 5.53. The van der Waals surface area contributed by atoms with Crippen LogP contribution in [0.2, 0.25) is 0 Å². The van der Waals surface area contributed by atoms with Crippen LogP contribution in [-0.2, 0) is 6.42 Å². The van der Waals surface area contributed by atoms with Crippen LogP contribution in [0.15, 0.2) is 36.7 Å². The van der Waals surface area contributed by atoms with Crippen molar-refractivity contribution >= 4 is 0 Å². The van der Waals surface area contributed by atoms with Gasteiger partial charge in [0.2, 0.25) is 0 Å². The maximum atomic E-state index is 5.96. The molecule has 0 amide bonds. The van der Waals surface area contributed by atoms with Crippen LogP contribution in [0, 0.1) is 0 Å². The van der Waals surface area contributed by atoms with E-state index in [0.717, 1.165) is 41.3 Å². The number of hydrogen-bond donors (Lipinski definition) is 2. The summed E-state index contributed by atoms with van der Waals surface area (Å²) in [6.07, 6.45) is 2.71. The molecule has 0 bridgehead atoms. The van der Waals surface area contributed by atoms with Crippen LogP contribution in [0.3, 0.4) is 0 Å². The highest BCUT2D eigenvalue weighted by Gasteiger charge is 2.27. The summed E-state index contributed by atoms with van der Waals surface area (Å²) in [6, 6.07) is 5.94. The van der Waals surface area contributed by atoms with Gasteiger partial charge in [-0.3, -0.25) is 0 Å². The van der Waals surface area contributed by atoms with Crippen LogP contribution < -0.4 is 14.8 Å². The number of rotatable bonds is 5. The molecule has 5 nitrogen and oxygen atoms in total. The van der Waals surface area contributed by atoms with E-state index in [9.17, 15) is 0 Å². The van der Waals surface area contributed by atoms with Gasteiger partial charge in [0.25, 0.3) is 0 Å². The fraction of sp³-hybridized carbons (Fsp3) is 0.353. The second-order valence-electron chi connectivity index (χ2n) is 5.53. The van der Waals surface area contributed by atoms with E-state index in [1.807, 2.05) is 19.1 Å². The molecule has 2 N–H and O–H groups in total. The minimum absolute atomic E-state index is 0.00483. The normalized spacial score (nSPS) is 16.9. The highest BCUT2D eigenvalue weighted by atomic mass is 16.5. The van der Waals surface area contributed by atoms with Crippen molar-refractivity contribution < 1.29 is 9.47 Å². The summed E-state index contributed by atoms with van der Waals surface area (Å²) in [6.45, 7) is 7.21. The Labute approximate surface area is 130 Å². The molecule has 0 spiro atoms. The molecular weight excluding hydrogens is 278 g/mol. The number of hydrogen-bond acceptors (Lipinski definition) is 4. The summed E-state index contributed by atoms with van der Waals surface area (Å²) in [5.74, 6) is 1.48. The molecule has 0 aliphatic carbocycles. The number of methoxy groups -OCH3 is 1. The van der Waals surface area contributed by atoms with E-state index in [1.165, 1.54) is 5.69 Å². The predicted octanol–water partition coefficient (Wildman–Crippen LogP) is 2.61. The van der Waals surface area contributed by atoms with Crippen molar-refractivity contribution in [3.63, 3.8) is 0 Å². The number of ether oxygens (including phenoxy) is 2. The van der Waals surface area contributed by atoms with Crippen molar-refractivity contribution in [2.24, 2.45) is 0 Å². The molecule has 1 aliphatic rings. The van der Waals surface area contributed by atoms with Crippen molar-refractivity contribution in [2.45, 2.75) is 19.4 Å². The molecule has 5 heteroatoms. The van der Waals surface area contributed by atoms with E-state index in [-0.39, 0.29) is 6.04 Å². The predicted molar refractivity (Wildman–Crippen MR) is 85.4 cm³/mol. The Morgan fingerprint density at radius 1 is 1.45 bits per heavy atom. The van der Waals surface area contributed by atoms with Gasteiger partial charge in [-0.1, -0.05) is 18.7 Å². The van der Waals surface area contributed by atoms with Crippen molar-refractivity contribution in [2.75, 3.05) is 20.3 Å². The Kier molecular flexibility index (Phi) is 4.15. The smallest absolute Gasteiger partial charge is 0.166 e. The van der Waals surface area contributed by atoms with E-state index in [2.05, 4.69) is 27.9 Å². The summed E-state index contributed by atoms with van der Waals surface area (Å²) in [7, 11) is 1.65. The molecule has 1 atom stereocenters. The summed E-state index contributed by atoms with van der Waals surface area (Å²) in [5.41, 5.74) is 4.21. The number of imidazole rings is 1. The molecule has 2 aromatic rings. The van der Waals surface area contributed by atoms with Gasteiger partial charge < -0.3 is 19.8 Å². The SMILES string of the molecule is C=C(C)COc1c(OC)cccc1[C@H]1NCCc2[nH]cnc21. The Morgan fingerprint density at radius 3 is 3.09 bits per heavy atom. The average molecular weight is 299 g/mol. The van der Waals surface area contributed by atoms with Crippen molar-refractivity contribution in [1.29, 1.82) is 0 Å². The summed E-state index contributed by atoms with van der Waals surface area (Å²) in [5, 5.41) is 3.52. The number of aromatic amines is 1. The highest BCUT2D eigenvalue weighted by molar-refractivity contribution is 5.51. The molecule has 1 aromatic carbocycles. The highest BCUT2D eigenvalue weighted by Crippen LogP contribution is 2.38. The molecule has 116 valence electrons. The first-order valence-electron chi connectivity index (χ1n) is 7.40. The molecule has 0 radical (unpaired) electrons. The third-order valence-electron chi connectivity index (χ3n) is 3.75. The minimum atomic E-state index is 0.00483. The molecule has 2 heterocycles. The number of H-pyrrole nitrogens is 1. The van der Waals surface area contributed by atoms with Crippen molar-refractivity contribution in [1.82, 2.24) is 15.3 Å². The molecule has 22 heavy (non-hydrogen) atoms. The molecule has 0 saturated carbocycles. The molecule has 0 saturated heterocycles. The molecule has 3 rings (SSSR count). The average Bonchev–Trinajstić information content (AvgIpc) is 3.01. The fourth-order valence-corrected chi connectivity index (χ4v) is 2.75. The van der Waals surface area contributed by atoms with Crippen LogP contribution in [0.25, 0.3) is 0 Å². The van der Waals surface area contributed by atoms with Gasteiger partial charge in [-0.15, -0.1) is 0 Å². The van der Waals surface area contributed by atoms with Gasteiger partial charge in [0.05, 0.1) is 25.2 Å². The van der Waals surface area contributed by atoms with Crippen molar-refractivity contribution in [3.05, 3.63) is 53.6 Å². The maximum absolute atomic E-state index is 5.96. The van der Waals surface area contributed by atoms with Gasteiger partial charge in [0.1, 0.15) is 6.61 Å². The van der Waals surface area contributed by atoms with Crippen LogP contribution >= 0.6 is 0 Å². The van der Waals surface area contributed by atoms with Crippen LogP contribution in [0.4, 0.5) is 0 Å². The van der Waals surface area contributed by atoms with Gasteiger partial charge in [-0.25, -0.2) is 4.98 Å². The first-order chi connectivity index (χ1) is 10.7. The molecule has 1 aliphatic heterocycles. The quantitative estimate of drug-likeness (QED) is 0.833. The monoisotopic (exact) mass is 299 g/mol. The topological polar surface area (TPSA) is 59.2 Å². The second kappa shape index (κ2) is 6.23. The van der Waals surface area contributed by atoms with Gasteiger partial charge in [0, 0.05) is 24.2 Å². The molecular formula is C17H21N3O2.